The Morgan fingerprint density at radius 1 is 1.26 bits per heavy atom. The van der Waals surface area contributed by atoms with Gasteiger partial charge in [0, 0.05) is 17.1 Å². The van der Waals surface area contributed by atoms with Crippen LogP contribution in [0.5, 0.6) is 0 Å². The molecule has 2 aromatic rings. The van der Waals surface area contributed by atoms with Crippen molar-refractivity contribution >= 4 is 28.9 Å². The number of anilines is 2. The monoisotopic (exact) mass is 333 g/mol. The Labute approximate surface area is 138 Å². The maximum absolute atomic E-state index is 13.8. The first-order chi connectivity index (χ1) is 10.9. The first-order valence-corrected chi connectivity index (χ1v) is 7.70. The molecule has 4 nitrogen and oxygen atoms in total. The molecular weight excluding hydrogens is 317 g/mol. The van der Waals surface area contributed by atoms with E-state index in [9.17, 15) is 9.18 Å². The van der Waals surface area contributed by atoms with Crippen LogP contribution in [0.2, 0.25) is 5.02 Å². The lowest BCUT2D eigenvalue weighted by molar-refractivity contribution is 0.0672. The smallest absolute Gasteiger partial charge is 0.254 e. The fourth-order valence-electron chi connectivity index (χ4n) is 2.91. The average Bonchev–Trinajstić information content (AvgIpc) is 2.52. The van der Waals surface area contributed by atoms with Gasteiger partial charge in [-0.25, -0.2) is 4.39 Å². The summed E-state index contributed by atoms with van der Waals surface area (Å²) in [4.78, 5) is 14.4. The zero-order valence-corrected chi connectivity index (χ0v) is 13.4. The standard InChI is InChI=1S/C17H17ClFN3O/c1-9(11-6-14(19)16(21)15(20)7-11)22-5-4-10-2-3-12(18)8-13(10)17(22)23/h2-3,6-9H,4-5,20-21H2,1H3. The Balaban J connectivity index is 1.95. The van der Waals surface area contributed by atoms with Crippen LogP contribution in [-0.4, -0.2) is 17.4 Å². The highest BCUT2D eigenvalue weighted by atomic mass is 35.5. The minimum Gasteiger partial charge on any atom is -0.397 e. The van der Waals surface area contributed by atoms with Crippen LogP contribution in [0.3, 0.4) is 0 Å². The third-order valence-corrected chi connectivity index (χ3v) is 4.55. The molecule has 4 N–H and O–H groups in total. The number of carbonyl (C=O) groups is 1. The Kier molecular flexibility index (Phi) is 3.90. The summed E-state index contributed by atoms with van der Waals surface area (Å²) in [5.74, 6) is -0.684. The molecule has 0 spiro atoms. The van der Waals surface area contributed by atoms with E-state index in [2.05, 4.69) is 0 Å². The van der Waals surface area contributed by atoms with E-state index in [1.54, 1.807) is 23.1 Å². The second-order valence-electron chi connectivity index (χ2n) is 5.73. The van der Waals surface area contributed by atoms with Gasteiger partial charge >= 0.3 is 0 Å². The number of nitrogens with zero attached hydrogens (tertiary/aromatic N) is 1. The van der Waals surface area contributed by atoms with Crippen LogP contribution in [0.1, 0.15) is 34.5 Å². The summed E-state index contributed by atoms with van der Waals surface area (Å²) >= 11 is 5.99. The first kappa shape index (κ1) is 15.6. The minimum absolute atomic E-state index is 0.0666. The number of hydrogen-bond donors (Lipinski definition) is 2. The predicted octanol–water partition coefficient (Wildman–Crippen LogP) is 3.40. The maximum Gasteiger partial charge on any atom is 0.254 e. The van der Waals surface area contributed by atoms with Crippen molar-refractivity contribution in [3.05, 3.63) is 57.9 Å². The molecule has 2 aromatic carbocycles. The van der Waals surface area contributed by atoms with E-state index >= 15 is 0 Å². The molecule has 0 aliphatic carbocycles. The molecule has 1 aliphatic heterocycles. The molecular formula is C17H17ClFN3O. The van der Waals surface area contributed by atoms with E-state index in [0.717, 1.165) is 12.0 Å². The lowest BCUT2D eigenvalue weighted by Gasteiger charge is -2.34. The highest BCUT2D eigenvalue weighted by Gasteiger charge is 2.29. The number of carbonyl (C=O) groups excluding carboxylic acids is 1. The summed E-state index contributed by atoms with van der Waals surface area (Å²) in [7, 11) is 0. The number of halogens is 2. The van der Waals surface area contributed by atoms with Gasteiger partial charge in [0.15, 0.2) is 0 Å². The van der Waals surface area contributed by atoms with Crippen LogP contribution >= 0.6 is 11.6 Å². The molecule has 0 fully saturated rings. The number of nitrogen functional groups attached to an aromatic ring is 2. The zero-order valence-electron chi connectivity index (χ0n) is 12.6. The molecule has 0 aromatic heterocycles. The molecule has 1 unspecified atom stereocenters. The van der Waals surface area contributed by atoms with Crippen LogP contribution in [0.4, 0.5) is 15.8 Å². The molecule has 1 atom stereocenters. The van der Waals surface area contributed by atoms with Crippen molar-refractivity contribution in [2.75, 3.05) is 18.0 Å². The van der Waals surface area contributed by atoms with Gasteiger partial charge in [-0.05, 0) is 48.7 Å². The van der Waals surface area contributed by atoms with E-state index in [0.29, 0.717) is 22.7 Å². The maximum atomic E-state index is 13.8. The molecule has 0 saturated carbocycles. The first-order valence-electron chi connectivity index (χ1n) is 7.32. The van der Waals surface area contributed by atoms with Crippen molar-refractivity contribution in [2.24, 2.45) is 0 Å². The van der Waals surface area contributed by atoms with Gasteiger partial charge in [0.1, 0.15) is 5.82 Å². The molecule has 1 amide bonds. The van der Waals surface area contributed by atoms with E-state index in [-0.39, 0.29) is 23.3 Å². The number of amides is 1. The molecule has 0 saturated heterocycles. The third-order valence-electron chi connectivity index (χ3n) is 4.32. The van der Waals surface area contributed by atoms with Gasteiger partial charge in [-0.1, -0.05) is 17.7 Å². The lowest BCUT2D eigenvalue weighted by atomic mass is 9.96. The van der Waals surface area contributed by atoms with Crippen molar-refractivity contribution in [3.8, 4) is 0 Å². The van der Waals surface area contributed by atoms with Crippen LogP contribution in [0.15, 0.2) is 30.3 Å². The second kappa shape index (κ2) is 5.74. The van der Waals surface area contributed by atoms with E-state index in [4.69, 9.17) is 23.1 Å². The molecule has 1 heterocycles. The highest BCUT2D eigenvalue weighted by molar-refractivity contribution is 6.31. The molecule has 1 aliphatic rings. The number of rotatable bonds is 2. The second-order valence-corrected chi connectivity index (χ2v) is 6.17. The predicted molar refractivity (Wildman–Crippen MR) is 89.8 cm³/mol. The van der Waals surface area contributed by atoms with Crippen LogP contribution < -0.4 is 11.5 Å². The van der Waals surface area contributed by atoms with Gasteiger partial charge < -0.3 is 16.4 Å². The summed E-state index contributed by atoms with van der Waals surface area (Å²) in [5, 5.41) is 0.523. The topological polar surface area (TPSA) is 72.3 Å². The van der Waals surface area contributed by atoms with Crippen LogP contribution in [-0.2, 0) is 6.42 Å². The van der Waals surface area contributed by atoms with Gasteiger partial charge in [0.2, 0.25) is 0 Å². The van der Waals surface area contributed by atoms with Gasteiger partial charge in [-0.3, -0.25) is 4.79 Å². The number of benzene rings is 2. The summed E-state index contributed by atoms with van der Waals surface area (Å²) in [6, 6.07) is 7.96. The Morgan fingerprint density at radius 2 is 2.00 bits per heavy atom. The van der Waals surface area contributed by atoms with E-state index < -0.39 is 5.82 Å². The van der Waals surface area contributed by atoms with Crippen LogP contribution in [0.25, 0.3) is 0 Å². The fourth-order valence-corrected chi connectivity index (χ4v) is 3.09. The SMILES string of the molecule is CC(c1cc(N)c(N)c(F)c1)N1CCc2ccc(Cl)cc2C1=O. The van der Waals surface area contributed by atoms with Crippen molar-refractivity contribution < 1.29 is 9.18 Å². The van der Waals surface area contributed by atoms with Crippen molar-refractivity contribution in [1.29, 1.82) is 0 Å². The summed E-state index contributed by atoms with van der Waals surface area (Å²) in [6.45, 7) is 2.40. The third kappa shape index (κ3) is 2.72. The van der Waals surface area contributed by atoms with Crippen molar-refractivity contribution in [1.82, 2.24) is 4.90 Å². The number of nitrogens with two attached hydrogens (primary N) is 2. The normalized spacial score (nSPS) is 15.4. The van der Waals surface area contributed by atoms with E-state index in [1.807, 2.05) is 13.0 Å². The van der Waals surface area contributed by atoms with Gasteiger partial charge in [0.25, 0.3) is 5.91 Å². The van der Waals surface area contributed by atoms with Crippen molar-refractivity contribution in [2.45, 2.75) is 19.4 Å². The Morgan fingerprint density at radius 3 is 2.70 bits per heavy atom. The average molecular weight is 334 g/mol. The Bertz CT molecular complexity index is 770. The minimum atomic E-state index is -0.570. The largest absolute Gasteiger partial charge is 0.397 e. The molecule has 3 rings (SSSR count). The summed E-state index contributed by atoms with van der Waals surface area (Å²) < 4.78 is 13.8. The molecule has 23 heavy (non-hydrogen) atoms. The number of fused-ring (bicyclic) bond motifs is 1. The summed E-state index contributed by atoms with van der Waals surface area (Å²) in [6.07, 6.45) is 0.732. The van der Waals surface area contributed by atoms with E-state index in [1.165, 1.54) is 6.07 Å². The van der Waals surface area contributed by atoms with Gasteiger partial charge in [-0.2, -0.15) is 0 Å². The quantitative estimate of drug-likeness (QED) is 0.827. The fraction of sp³-hybridized carbons (Fsp3) is 0.235. The molecule has 6 heteroatoms. The molecule has 0 bridgehead atoms. The zero-order chi connectivity index (χ0) is 16.7. The highest BCUT2D eigenvalue weighted by Crippen LogP contribution is 2.32. The number of hydrogen-bond acceptors (Lipinski definition) is 3. The van der Waals surface area contributed by atoms with Gasteiger partial charge in [-0.15, -0.1) is 0 Å². The Hall–Kier alpha value is -2.27. The lowest BCUT2D eigenvalue weighted by Crippen LogP contribution is -2.39. The van der Waals surface area contributed by atoms with Crippen LogP contribution in [0, 0.1) is 5.82 Å². The summed E-state index contributed by atoms with van der Waals surface area (Å²) in [5.41, 5.74) is 13.6. The van der Waals surface area contributed by atoms with Crippen molar-refractivity contribution in [3.63, 3.8) is 0 Å². The van der Waals surface area contributed by atoms with Gasteiger partial charge in [0.05, 0.1) is 17.4 Å². The molecule has 0 radical (unpaired) electrons. The molecule has 120 valence electrons.